The fourth-order valence-electron chi connectivity index (χ4n) is 1.82. The molecule has 0 radical (unpaired) electrons. The number of carbonyl (C=O) groups is 1. The standard InChI is InChI=1S/C15H15FN2O/c1-9-5-11(8-12(16)6-9)15(19)18-13-3-4-14(17)10(2)7-13/h3-8H,17H2,1-2H3,(H,18,19). The van der Waals surface area contributed by atoms with Crippen molar-refractivity contribution >= 4 is 17.3 Å². The maximum absolute atomic E-state index is 13.2. The SMILES string of the molecule is Cc1cc(F)cc(C(=O)Nc2ccc(N)c(C)c2)c1. The molecule has 0 heterocycles. The first-order valence-corrected chi connectivity index (χ1v) is 5.90. The Labute approximate surface area is 111 Å². The van der Waals surface area contributed by atoms with Gasteiger partial charge in [-0.3, -0.25) is 4.79 Å². The van der Waals surface area contributed by atoms with Gasteiger partial charge in [0.2, 0.25) is 0 Å². The van der Waals surface area contributed by atoms with Crippen LogP contribution in [0.25, 0.3) is 0 Å². The van der Waals surface area contributed by atoms with Gasteiger partial charge in [-0.05, 0) is 61.4 Å². The molecule has 2 aromatic carbocycles. The Morgan fingerprint density at radius 3 is 2.53 bits per heavy atom. The van der Waals surface area contributed by atoms with E-state index >= 15 is 0 Å². The van der Waals surface area contributed by atoms with Gasteiger partial charge < -0.3 is 11.1 Å². The van der Waals surface area contributed by atoms with Crippen molar-refractivity contribution in [2.45, 2.75) is 13.8 Å². The topological polar surface area (TPSA) is 55.1 Å². The molecule has 0 aliphatic carbocycles. The summed E-state index contributed by atoms with van der Waals surface area (Å²) in [6.07, 6.45) is 0. The van der Waals surface area contributed by atoms with Crippen molar-refractivity contribution in [1.82, 2.24) is 0 Å². The number of anilines is 2. The highest BCUT2D eigenvalue weighted by atomic mass is 19.1. The largest absolute Gasteiger partial charge is 0.399 e. The Balaban J connectivity index is 2.22. The van der Waals surface area contributed by atoms with Crippen molar-refractivity contribution in [3.05, 3.63) is 58.9 Å². The summed E-state index contributed by atoms with van der Waals surface area (Å²) in [4.78, 5) is 12.0. The minimum absolute atomic E-state index is 0.298. The lowest BCUT2D eigenvalue weighted by Gasteiger charge is -2.08. The van der Waals surface area contributed by atoms with E-state index in [0.717, 1.165) is 5.56 Å². The molecule has 0 aromatic heterocycles. The monoisotopic (exact) mass is 258 g/mol. The number of benzene rings is 2. The Morgan fingerprint density at radius 1 is 1.16 bits per heavy atom. The van der Waals surface area contributed by atoms with Gasteiger partial charge in [-0.15, -0.1) is 0 Å². The molecule has 0 bridgehead atoms. The summed E-state index contributed by atoms with van der Waals surface area (Å²) in [5.41, 5.74) is 8.90. The number of nitrogen functional groups attached to an aromatic ring is 1. The van der Waals surface area contributed by atoms with Gasteiger partial charge in [-0.2, -0.15) is 0 Å². The summed E-state index contributed by atoms with van der Waals surface area (Å²) in [6, 6.07) is 9.45. The molecule has 3 nitrogen and oxygen atoms in total. The van der Waals surface area contributed by atoms with Gasteiger partial charge in [0.15, 0.2) is 0 Å². The molecule has 0 unspecified atom stereocenters. The number of carbonyl (C=O) groups excluding carboxylic acids is 1. The molecule has 1 amide bonds. The van der Waals surface area contributed by atoms with E-state index in [9.17, 15) is 9.18 Å². The zero-order chi connectivity index (χ0) is 14.0. The van der Waals surface area contributed by atoms with Crippen molar-refractivity contribution in [3.63, 3.8) is 0 Å². The number of amides is 1. The molecular weight excluding hydrogens is 243 g/mol. The zero-order valence-electron chi connectivity index (χ0n) is 10.8. The van der Waals surface area contributed by atoms with Gasteiger partial charge in [-0.25, -0.2) is 4.39 Å². The van der Waals surface area contributed by atoms with Crippen molar-refractivity contribution in [2.24, 2.45) is 0 Å². The van der Waals surface area contributed by atoms with Crippen LogP contribution in [0.2, 0.25) is 0 Å². The maximum Gasteiger partial charge on any atom is 0.255 e. The second-order valence-corrected chi connectivity index (χ2v) is 4.54. The number of nitrogens with one attached hydrogen (secondary N) is 1. The normalized spacial score (nSPS) is 10.3. The highest BCUT2D eigenvalue weighted by Gasteiger charge is 2.08. The molecule has 0 spiro atoms. The Kier molecular flexibility index (Phi) is 3.51. The van der Waals surface area contributed by atoms with Crippen molar-refractivity contribution < 1.29 is 9.18 Å². The molecule has 2 rings (SSSR count). The maximum atomic E-state index is 13.2. The third-order valence-electron chi connectivity index (χ3n) is 2.83. The van der Waals surface area contributed by atoms with Gasteiger partial charge in [0.05, 0.1) is 0 Å². The minimum Gasteiger partial charge on any atom is -0.399 e. The van der Waals surface area contributed by atoms with Crippen LogP contribution in [0.4, 0.5) is 15.8 Å². The summed E-state index contributed by atoms with van der Waals surface area (Å²) in [5, 5.41) is 2.72. The van der Waals surface area contributed by atoms with E-state index < -0.39 is 5.82 Å². The molecular formula is C15H15FN2O. The van der Waals surface area contributed by atoms with Gasteiger partial charge in [-0.1, -0.05) is 0 Å². The highest BCUT2D eigenvalue weighted by Crippen LogP contribution is 2.18. The fourth-order valence-corrected chi connectivity index (χ4v) is 1.82. The number of rotatable bonds is 2. The van der Waals surface area contributed by atoms with Crippen LogP contribution in [0, 0.1) is 19.7 Å². The number of nitrogens with two attached hydrogens (primary N) is 1. The summed E-state index contributed by atoms with van der Waals surface area (Å²) in [6.45, 7) is 3.60. The Bertz CT molecular complexity index is 618. The fraction of sp³-hybridized carbons (Fsp3) is 0.133. The van der Waals surface area contributed by atoms with Crippen LogP contribution >= 0.6 is 0 Å². The average Bonchev–Trinajstić information content (AvgIpc) is 2.32. The van der Waals surface area contributed by atoms with Crippen molar-refractivity contribution in [2.75, 3.05) is 11.1 Å². The number of hydrogen-bond donors (Lipinski definition) is 2. The quantitative estimate of drug-likeness (QED) is 0.812. The van der Waals surface area contributed by atoms with E-state index in [4.69, 9.17) is 5.73 Å². The second kappa shape index (κ2) is 5.10. The summed E-state index contributed by atoms with van der Waals surface area (Å²) >= 11 is 0. The number of aryl methyl sites for hydroxylation is 2. The minimum atomic E-state index is -0.418. The Hall–Kier alpha value is -2.36. The third kappa shape index (κ3) is 3.10. The first-order chi connectivity index (χ1) is 8.95. The smallest absolute Gasteiger partial charge is 0.255 e. The van der Waals surface area contributed by atoms with Gasteiger partial charge in [0, 0.05) is 16.9 Å². The summed E-state index contributed by atoms with van der Waals surface area (Å²) < 4.78 is 13.2. The lowest BCUT2D eigenvalue weighted by molar-refractivity contribution is 0.102. The average molecular weight is 258 g/mol. The van der Waals surface area contributed by atoms with Crippen LogP contribution in [0.15, 0.2) is 36.4 Å². The molecule has 0 fully saturated rings. The lowest BCUT2D eigenvalue weighted by atomic mass is 10.1. The van der Waals surface area contributed by atoms with Crippen LogP contribution in [0.1, 0.15) is 21.5 Å². The molecule has 98 valence electrons. The molecule has 0 atom stereocenters. The van der Waals surface area contributed by atoms with E-state index in [1.807, 2.05) is 6.92 Å². The van der Waals surface area contributed by atoms with Crippen molar-refractivity contribution in [3.8, 4) is 0 Å². The van der Waals surface area contributed by atoms with E-state index in [2.05, 4.69) is 5.32 Å². The van der Waals surface area contributed by atoms with Crippen LogP contribution in [-0.4, -0.2) is 5.91 Å². The summed E-state index contributed by atoms with van der Waals surface area (Å²) in [7, 11) is 0. The second-order valence-electron chi connectivity index (χ2n) is 4.54. The lowest BCUT2D eigenvalue weighted by Crippen LogP contribution is -2.12. The van der Waals surface area contributed by atoms with Crippen LogP contribution in [-0.2, 0) is 0 Å². The van der Waals surface area contributed by atoms with E-state index in [1.54, 1.807) is 31.2 Å². The zero-order valence-corrected chi connectivity index (χ0v) is 10.8. The highest BCUT2D eigenvalue weighted by molar-refractivity contribution is 6.04. The van der Waals surface area contributed by atoms with Crippen LogP contribution < -0.4 is 11.1 Å². The predicted molar refractivity (Wildman–Crippen MR) is 74.7 cm³/mol. The van der Waals surface area contributed by atoms with Crippen LogP contribution in [0.5, 0.6) is 0 Å². The third-order valence-corrected chi connectivity index (χ3v) is 2.83. The molecule has 0 aliphatic rings. The molecule has 0 aliphatic heterocycles. The first kappa shape index (κ1) is 13.1. The van der Waals surface area contributed by atoms with E-state index in [0.29, 0.717) is 22.5 Å². The van der Waals surface area contributed by atoms with E-state index in [-0.39, 0.29) is 5.91 Å². The molecule has 0 saturated carbocycles. The van der Waals surface area contributed by atoms with Gasteiger partial charge >= 0.3 is 0 Å². The first-order valence-electron chi connectivity index (χ1n) is 5.90. The molecule has 19 heavy (non-hydrogen) atoms. The molecule has 3 N–H and O–H groups in total. The number of hydrogen-bond acceptors (Lipinski definition) is 2. The van der Waals surface area contributed by atoms with Crippen LogP contribution in [0.3, 0.4) is 0 Å². The summed E-state index contributed by atoms with van der Waals surface area (Å²) in [5.74, 6) is -0.759. The predicted octanol–water partition coefficient (Wildman–Crippen LogP) is 3.28. The number of halogens is 1. The van der Waals surface area contributed by atoms with Gasteiger partial charge in [0.25, 0.3) is 5.91 Å². The Morgan fingerprint density at radius 2 is 1.89 bits per heavy atom. The van der Waals surface area contributed by atoms with Gasteiger partial charge in [0.1, 0.15) is 5.82 Å². The van der Waals surface area contributed by atoms with Crippen molar-refractivity contribution in [1.29, 1.82) is 0 Å². The van der Waals surface area contributed by atoms with E-state index in [1.165, 1.54) is 12.1 Å². The molecule has 2 aromatic rings. The molecule has 4 heteroatoms. The molecule has 0 saturated heterocycles.